The fourth-order valence-corrected chi connectivity index (χ4v) is 3.08. The Kier molecular flexibility index (Phi) is 4.87. The molecule has 0 heterocycles. The number of rotatable bonds is 8. The van der Waals surface area contributed by atoms with Crippen LogP contribution in [0.5, 0.6) is 0 Å². The van der Waals surface area contributed by atoms with E-state index in [4.69, 9.17) is 9.84 Å². The van der Waals surface area contributed by atoms with Crippen LogP contribution in [0.15, 0.2) is 0 Å². The zero-order chi connectivity index (χ0) is 12.9. The van der Waals surface area contributed by atoms with E-state index in [2.05, 4.69) is 9.44 Å². The monoisotopic (exact) mass is 266 g/mol. The number of carboxylic acid groups (broad SMARTS) is 1. The first-order valence-corrected chi connectivity index (χ1v) is 6.87. The molecule has 1 fully saturated rings. The van der Waals surface area contributed by atoms with Gasteiger partial charge in [0.1, 0.15) is 0 Å². The second-order valence-corrected chi connectivity index (χ2v) is 5.70. The normalized spacial score (nSPS) is 18.6. The molecular weight excluding hydrogens is 248 g/mol. The number of hydrogen-bond donors (Lipinski definition) is 3. The summed E-state index contributed by atoms with van der Waals surface area (Å²) in [5.41, 5.74) is -0.815. The summed E-state index contributed by atoms with van der Waals surface area (Å²) in [4.78, 5) is 10.7. The minimum atomic E-state index is -3.66. The maximum absolute atomic E-state index is 11.6. The standard InChI is InChI=1S/C9H18N2O5S/c1-16-6-5-10-17(14,15)11-9(3-2-4-9)7-8(12)13/h10-11H,2-7H2,1H3,(H,12,13). The third-order valence-electron chi connectivity index (χ3n) is 2.75. The smallest absolute Gasteiger partial charge is 0.305 e. The van der Waals surface area contributed by atoms with Crippen LogP contribution in [0.4, 0.5) is 0 Å². The van der Waals surface area contributed by atoms with Crippen molar-refractivity contribution < 1.29 is 23.1 Å². The Morgan fingerprint density at radius 2 is 2.12 bits per heavy atom. The van der Waals surface area contributed by atoms with Gasteiger partial charge in [-0.25, -0.2) is 0 Å². The molecule has 8 heteroatoms. The van der Waals surface area contributed by atoms with Crippen LogP contribution in [0.25, 0.3) is 0 Å². The van der Waals surface area contributed by atoms with Crippen LogP contribution in [0, 0.1) is 0 Å². The summed E-state index contributed by atoms with van der Waals surface area (Å²) in [6.07, 6.45) is 1.78. The van der Waals surface area contributed by atoms with Gasteiger partial charge in [0.25, 0.3) is 10.2 Å². The van der Waals surface area contributed by atoms with Gasteiger partial charge in [-0.05, 0) is 19.3 Å². The Labute approximate surface area is 101 Å². The molecule has 1 aliphatic rings. The molecule has 0 aromatic carbocycles. The third-order valence-corrected chi connectivity index (χ3v) is 4.04. The number of carbonyl (C=O) groups is 1. The van der Waals surface area contributed by atoms with Gasteiger partial charge in [0.2, 0.25) is 0 Å². The second-order valence-electron chi connectivity index (χ2n) is 4.20. The van der Waals surface area contributed by atoms with Gasteiger partial charge in [-0.15, -0.1) is 0 Å². The van der Waals surface area contributed by atoms with E-state index in [1.807, 2.05) is 0 Å². The molecule has 0 aromatic heterocycles. The predicted octanol–water partition coefficient (Wildman–Crippen LogP) is -0.546. The van der Waals surface area contributed by atoms with Crippen molar-refractivity contribution in [2.45, 2.75) is 31.2 Å². The molecule has 0 amide bonds. The first-order chi connectivity index (χ1) is 7.89. The maximum Gasteiger partial charge on any atom is 0.305 e. The van der Waals surface area contributed by atoms with E-state index in [-0.39, 0.29) is 19.6 Å². The van der Waals surface area contributed by atoms with Crippen molar-refractivity contribution >= 4 is 16.2 Å². The SMILES string of the molecule is COCCNS(=O)(=O)NC1(CC(=O)O)CCC1. The van der Waals surface area contributed by atoms with E-state index < -0.39 is 21.7 Å². The molecule has 17 heavy (non-hydrogen) atoms. The number of ether oxygens (including phenoxy) is 1. The molecule has 0 radical (unpaired) electrons. The van der Waals surface area contributed by atoms with E-state index in [9.17, 15) is 13.2 Å². The van der Waals surface area contributed by atoms with E-state index >= 15 is 0 Å². The molecule has 0 unspecified atom stereocenters. The summed E-state index contributed by atoms with van der Waals surface area (Å²) in [6, 6.07) is 0. The van der Waals surface area contributed by atoms with Gasteiger partial charge >= 0.3 is 5.97 Å². The lowest BCUT2D eigenvalue weighted by Crippen LogP contribution is -2.57. The van der Waals surface area contributed by atoms with Crippen LogP contribution in [0.2, 0.25) is 0 Å². The zero-order valence-electron chi connectivity index (χ0n) is 9.73. The van der Waals surface area contributed by atoms with Crippen LogP contribution in [0.1, 0.15) is 25.7 Å². The highest BCUT2D eigenvalue weighted by Gasteiger charge is 2.42. The van der Waals surface area contributed by atoms with E-state index in [1.54, 1.807) is 0 Å². The van der Waals surface area contributed by atoms with Gasteiger partial charge in [-0.2, -0.15) is 17.9 Å². The summed E-state index contributed by atoms with van der Waals surface area (Å²) < 4.78 is 32.7. The minimum absolute atomic E-state index is 0.162. The Balaban J connectivity index is 2.52. The summed E-state index contributed by atoms with van der Waals surface area (Å²) in [7, 11) is -2.19. The maximum atomic E-state index is 11.6. The van der Waals surface area contributed by atoms with Crippen molar-refractivity contribution in [2.75, 3.05) is 20.3 Å². The lowest BCUT2D eigenvalue weighted by molar-refractivity contribution is -0.139. The van der Waals surface area contributed by atoms with E-state index in [0.717, 1.165) is 6.42 Å². The lowest BCUT2D eigenvalue weighted by Gasteiger charge is -2.40. The molecule has 1 aliphatic carbocycles. The highest BCUT2D eigenvalue weighted by atomic mass is 32.2. The van der Waals surface area contributed by atoms with Crippen LogP contribution >= 0.6 is 0 Å². The van der Waals surface area contributed by atoms with Gasteiger partial charge in [-0.1, -0.05) is 0 Å². The van der Waals surface area contributed by atoms with E-state index in [1.165, 1.54) is 7.11 Å². The molecular formula is C9H18N2O5S. The molecule has 0 aliphatic heterocycles. The molecule has 0 bridgehead atoms. The average Bonchev–Trinajstić information content (AvgIpc) is 2.13. The van der Waals surface area contributed by atoms with Crippen LogP contribution in [0.3, 0.4) is 0 Å². The first-order valence-electron chi connectivity index (χ1n) is 5.38. The molecule has 1 saturated carbocycles. The quantitative estimate of drug-likeness (QED) is 0.511. The molecule has 3 N–H and O–H groups in total. The van der Waals surface area contributed by atoms with Crippen molar-refractivity contribution in [1.82, 2.24) is 9.44 Å². The van der Waals surface area contributed by atoms with Crippen LogP contribution in [-0.4, -0.2) is 45.3 Å². The van der Waals surface area contributed by atoms with Gasteiger partial charge in [-0.3, -0.25) is 4.79 Å². The number of aliphatic carboxylic acids is 1. The highest BCUT2D eigenvalue weighted by molar-refractivity contribution is 7.87. The zero-order valence-corrected chi connectivity index (χ0v) is 10.5. The number of methoxy groups -OCH3 is 1. The van der Waals surface area contributed by atoms with Gasteiger partial charge in [0.15, 0.2) is 0 Å². The Morgan fingerprint density at radius 3 is 2.53 bits per heavy atom. The van der Waals surface area contributed by atoms with Crippen LogP contribution < -0.4 is 9.44 Å². The molecule has 0 atom stereocenters. The van der Waals surface area contributed by atoms with Crippen LogP contribution in [-0.2, 0) is 19.7 Å². The molecule has 100 valence electrons. The molecule has 7 nitrogen and oxygen atoms in total. The number of carboxylic acids is 1. The number of nitrogens with one attached hydrogen (secondary N) is 2. The van der Waals surface area contributed by atoms with Crippen molar-refractivity contribution in [2.24, 2.45) is 0 Å². The highest BCUT2D eigenvalue weighted by Crippen LogP contribution is 2.35. The van der Waals surface area contributed by atoms with Gasteiger partial charge < -0.3 is 9.84 Å². The lowest BCUT2D eigenvalue weighted by atomic mass is 9.75. The Hall–Kier alpha value is -0.700. The van der Waals surface area contributed by atoms with Gasteiger partial charge in [0.05, 0.1) is 13.0 Å². The third kappa shape index (κ3) is 4.58. The summed E-state index contributed by atoms with van der Waals surface area (Å²) in [5.74, 6) is -0.996. The van der Waals surface area contributed by atoms with Gasteiger partial charge in [0, 0.05) is 19.2 Å². The topological polar surface area (TPSA) is 105 Å². The number of hydrogen-bond acceptors (Lipinski definition) is 4. The summed E-state index contributed by atoms with van der Waals surface area (Å²) >= 11 is 0. The largest absolute Gasteiger partial charge is 0.481 e. The Bertz CT molecular complexity index is 364. The summed E-state index contributed by atoms with van der Waals surface area (Å²) in [6.45, 7) is 0.432. The van der Waals surface area contributed by atoms with Crippen molar-refractivity contribution in [3.05, 3.63) is 0 Å². The van der Waals surface area contributed by atoms with Crippen molar-refractivity contribution in [3.63, 3.8) is 0 Å². The molecule has 0 aromatic rings. The molecule has 1 rings (SSSR count). The minimum Gasteiger partial charge on any atom is -0.481 e. The fourth-order valence-electron chi connectivity index (χ4n) is 1.81. The second kappa shape index (κ2) is 5.76. The molecule has 0 saturated heterocycles. The van der Waals surface area contributed by atoms with E-state index in [0.29, 0.717) is 12.8 Å². The van der Waals surface area contributed by atoms with Crippen molar-refractivity contribution in [1.29, 1.82) is 0 Å². The molecule has 0 spiro atoms. The Morgan fingerprint density at radius 1 is 1.47 bits per heavy atom. The predicted molar refractivity (Wildman–Crippen MR) is 60.8 cm³/mol. The average molecular weight is 266 g/mol. The summed E-state index contributed by atoms with van der Waals surface area (Å²) in [5, 5.41) is 8.75. The fraction of sp³-hybridized carbons (Fsp3) is 0.889. The first kappa shape index (κ1) is 14.4. The van der Waals surface area contributed by atoms with Crippen molar-refractivity contribution in [3.8, 4) is 0 Å².